The minimum Gasteiger partial charge on any atom is -0.372 e. The lowest BCUT2D eigenvalue weighted by molar-refractivity contribution is 0.240. The Morgan fingerprint density at radius 1 is 1.15 bits per heavy atom. The second-order valence-corrected chi connectivity index (χ2v) is 6.54. The number of amides is 2. The summed E-state index contributed by atoms with van der Waals surface area (Å²) >= 11 is 0. The van der Waals surface area contributed by atoms with E-state index in [0.717, 1.165) is 25.1 Å². The highest BCUT2D eigenvalue weighted by Crippen LogP contribution is 2.17. The normalized spacial score (nSPS) is 12.5. The van der Waals surface area contributed by atoms with E-state index in [4.69, 9.17) is 0 Å². The van der Waals surface area contributed by atoms with Crippen LogP contribution in [0.4, 0.5) is 14.9 Å². The molecule has 1 heterocycles. The van der Waals surface area contributed by atoms with Gasteiger partial charge in [0.1, 0.15) is 5.82 Å². The van der Waals surface area contributed by atoms with Crippen molar-refractivity contribution in [1.82, 2.24) is 16.0 Å². The van der Waals surface area contributed by atoms with Crippen molar-refractivity contribution in [1.29, 1.82) is 0 Å². The van der Waals surface area contributed by atoms with Crippen molar-refractivity contribution >= 4 is 11.7 Å². The van der Waals surface area contributed by atoms with E-state index in [0.29, 0.717) is 25.3 Å². The second-order valence-electron chi connectivity index (χ2n) is 6.54. The Hall–Kier alpha value is -2.60. The first-order valence-corrected chi connectivity index (χ1v) is 8.92. The first kappa shape index (κ1) is 18.2. The van der Waals surface area contributed by atoms with E-state index in [2.05, 4.69) is 34.1 Å². The van der Waals surface area contributed by atoms with Crippen LogP contribution in [0.25, 0.3) is 0 Å². The van der Waals surface area contributed by atoms with Gasteiger partial charge in [-0.25, -0.2) is 9.18 Å². The number of para-hydroxylation sites is 1. The average Bonchev–Trinajstić information content (AvgIpc) is 3.11. The third-order valence-corrected chi connectivity index (χ3v) is 4.57. The van der Waals surface area contributed by atoms with Gasteiger partial charge in [0.05, 0.1) is 5.69 Å². The first-order valence-electron chi connectivity index (χ1n) is 8.92. The molecular formula is C20H25FN4O. The zero-order valence-electron chi connectivity index (χ0n) is 15.0. The van der Waals surface area contributed by atoms with Gasteiger partial charge in [0, 0.05) is 39.8 Å². The standard InChI is InChI=1S/C20H25FN4O/c1-25(19-6-3-2-5-18(19)21)10-4-9-23-20(26)24-12-15-7-8-16-13-22-14-17(16)11-15/h2-3,5-8,11,22H,4,9-10,12-14H2,1H3,(H2,23,24,26). The lowest BCUT2D eigenvalue weighted by Crippen LogP contribution is -2.36. The molecule has 138 valence electrons. The summed E-state index contributed by atoms with van der Waals surface area (Å²) in [7, 11) is 1.85. The number of nitrogens with zero attached hydrogens (tertiary/aromatic N) is 1. The van der Waals surface area contributed by atoms with Gasteiger partial charge in [-0.1, -0.05) is 30.3 Å². The van der Waals surface area contributed by atoms with Crippen LogP contribution in [0.15, 0.2) is 42.5 Å². The Kier molecular flexibility index (Phi) is 6.07. The Morgan fingerprint density at radius 3 is 2.81 bits per heavy atom. The van der Waals surface area contributed by atoms with Gasteiger partial charge >= 0.3 is 6.03 Å². The van der Waals surface area contributed by atoms with E-state index in [1.165, 1.54) is 17.2 Å². The van der Waals surface area contributed by atoms with Gasteiger partial charge in [0.15, 0.2) is 0 Å². The molecule has 26 heavy (non-hydrogen) atoms. The van der Waals surface area contributed by atoms with Crippen LogP contribution in [0.1, 0.15) is 23.1 Å². The van der Waals surface area contributed by atoms with E-state index in [-0.39, 0.29) is 11.8 Å². The molecule has 0 saturated heterocycles. The summed E-state index contributed by atoms with van der Waals surface area (Å²) in [6.07, 6.45) is 0.739. The molecule has 0 aromatic heterocycles. The van der Waals surface area contributed by atoms with Gasteiger partial charge in [-0.2, -0.15) is 0 Å². The van der Waals surface area contributed by atoms with Crippen LogP contribution in [0.5, 0.6) is 0 Å². The maximum absolute atomic E-state index is 13.7. The fourth-order valence-corrected chi connectivity index (χ4v) is 3.10. The Labute approximate surface area is 153 Å². The summed E-state index contributed by atoms with van der Waals surface area (Å²) in [5.41, 5.74) is 4.31. The molecule has 0 atom stereocenters. The zero-order valence-corrected chi connectivity index (χ0v) is 15.0. The molecule has 2 aromatic carbocycles. The average molecular weight is 356 g/mol. The van der Waals surface area contributed by atoms with E-state index in [9.17, 15) is 9.18 Å². The molecule has 0 saturated carbocycles. The van der Waals surface area contributed by atoms with Gasteiger partial charge < -0.3 is 20.9 Å². The zero-order chi connectivity index (χ0) is 18.4. The maximum atomic E-state index is 13.7. The molecule has 0 spiro atoms. The van der Waals surface area contributed by atoms with E-state index in [1.54, 1.807) is 12.1 Å². The van der Waals surface area contributed by atoms with Gasteiger partial charge in [0.25, 0.3) is 0 Å². The monoisotopic (exact) mass is 356 g/mol. The molecule has 0 bridgehead atoms. The SMILES string of the molecule is CN(CCCNC(=O)NCc1ccc2c(c1)CNC2)c1ccccc1F. The number of fused-ring (bicyclic) bond motifs is 1. The molecule has 0 radical (unpaired) electrons. The molecule has 0 aliphatic carbocycles. The summed E-state index contributed by atoms with van der Waals surface area (Å²) in [6, 6.07) is 12.8. The summed E-state index contributed by atoms with van der Waals surface area (Å²) in [5, 5.41) is 9.03. The van der Waals surface area contributed by atoms with Crippen LogP contribution < -0.4 is 20.9 Å². The topological polar surface area (TPSA) is 56.4 Å². The molecule has 0 unspecified atom stereocenters. The van der Waals surface area contributed by atoms with Crippen molar-refractivity contribution in [3.05, 3.63) is 65.0 Å². The molecule has 2 amide bonds. The van der Waals surface area contributed by atoms with Crippen molar-refractivity contribution in [3.63, 3.8) is 0 Å². The van der Waals surface area contributed by atoms with Crippen molar-refractivity contribution < 1.29 is 9.18 Å². The number of benzene rings is 2. The number of hydrogen-bond acceptors (Lipinski definition) is 3. The predicted molar refractivity (Wildman–Crippen MR) is 102 cm³/mol. The maximum Gasteiger partial charge on any atom is 0.315 e. The molecule has 3 N–H and O–H groups in total. The minimum atomic E-state index is -0.231. The molecule has 3 rings (SSSR count). The fourth-order valence-electron chi connectivity index (χ4n) is 3.10. The number of urea groups is 1. The molecule has 1 aliphatic rings. The second kappa shape index (κ2) is 8.67. The molecule has 2 aromatic rings. The van der Waals surface area contributed by atoms with Gasteiger partial charge in [0.2, 0.25) is 0 Å². The third kappa shape index (κ3) is 4.73. The fraction of sp³-hybridized carbons (Fsp3) is 0.350. The van der Waals surface area contributed by atoms with Crippen LogP contribution in [-0.2, 0) is 19.6 Å². The number of carbonyl (C=O) groups excluding carboxylic acids is 1. The number of nitrogens with one attached hydrogen (secondary N) is 3. The van der Waals surface area contributed by atoms with E-state index in [1.807, 2.05) is 18.0 Å². The smallest absolute Gasteiger partial charge is 0.315 e. The van der Waals surface area contributed by atoms with Gasteiger partial charge in [-0.05, 0) is 35.2 Å². The lowest BCUT2D eigenvalue weighted by atomic mass is 10.1. The highest BCUT2D eigenvalue weighted by molar-refractivity contribution is 5.73. The lowest BCUT2D eigenvalue weighted by Gasteiger charge is -2.19. The van der Waals surface area contributed by atoms with Crippen LogP contribution in [0.2, 0.25) is 0 Å². The first-order chi connectivity index (χ1) is 12.6. The van der Waals surface area contributed by atoms with Crippen molar-refractivity contribution in [2.75, 3.05) is 25.0 Å². The molecule has 5 nitrogen and oxygen atoms in total. The van der Waals surface area contributed by atoms with Crippen LogP contribution in [0, 0.1) is 5.82 Å². The van der Waals surface area contributed by atoms with Crippen LogP contribution in [-0.4, -0.2) is 26.2 Å². The molecule has 6 heteroatoms. The predicted octanol–water partition coefficient (Wildman–Crippen LogP) is 2.75. The number of anilines is 1. The van der Waals surface area contributed by atoms with E-state index >= 15 is 0 Å². The third-order valence-electron chi connectivity index (χ3n) is 4.57. The van der Waals surface area contributed by atoms with Crippen LogP contribution >= 0.6 is 0 Å². The highest BCUT2D eigenvalue weighted by Gasteiger charge is 2.10. The summed E-state index contributed by atoms with van der Waals surface area (Å²) in [6.45, 7) is 3.53. The van der Waals surface area contributed by atoms with E-state index < -0.39 is 0 Å². The largest absolute Gasteiger partial charge is 0.372 e. The summed E-state index contributed by atoms with van der Waals surface area (Å²) in [4.78, 5) is 13.8. The quantitative estimate of drug-likeness (QED) is 0.669. The number of rotatable bonds is 7. The Bertz CT molecular complexity index is 765. The van der Waals surface area contributed by atoms with Crippen LogP contribution in [0.3, 0.4) is 0 Å². The Morgan fingerprint density at radius 2 is 1.96 bits per heavy atom. The highest BCUT2D eigenvalue weighted by atomic mass is 19.1. The molecular weight excluding hydrogens is 331 g/mol. The van der Waals surface area contributed by atoms with Gasteiger partial charge in [-0.3, -0.25) is 0 Å². The molecule has 0 fully saturated rings. The number of hydrogen-bond donors (Lipinski definition) is 3. The Balaban J connectivity index is 1.35. The minimum absolute atomic E-state index is 0.183. The summed E-state index contributed by atoms with van der Waals surface area (Å²) < 4.78 is 13.7. The van der Waals surface area contributed by atoms with Crippen molar-refractivity contribution in [3.8, 4) is 0 Å². The number of carbonyl (C=O) groups is 1. The van der Waals surface area contributed by atoms with Crippen molar-refractivity contribution in [2.45, 2.75) is 26.1 Å². The van der Waals surface area contributed by atoms with Gasteiger partial charge in [-0.15, -0.1) is 0 Å². The number of halogens is 1. The van der Waals surface area contributed by atoms with Crippen molar-refractivity contribution in [2.24, 2.45) is 0 Å². The molecule has 1 aliphatic heterocycles. The summed E-state index contributed by atoms with van der Waals surface area (Å²) in [5.74, 6) is -0.231.